The number of aryl methyl sites for hydroxylation is 1. The van der Waals surface area contributed by atoms with Crippen LogP contribution in [0.4, 0.5) is 0 Å². The Kier molecular flexibility index (Phi) is 5.86. The average molecular weight is 381 g/mol. The van der Waals surface area contributed by atoms with E-state index < -0.39 is 0 Å². The number of aromatic nitrogens is 3. The zero-order valence-corrected chi connectivity index (χ0v) is 16.7. The number of hydrogen-bond donors (Lipinski definition) is 1. The van der Waals surface area contributed by atoms with E-state index in [2.05, 4.69) is 10.2 Å². The molecule has 3 rings (SSSR count). The minimum Gasteiger partial charge on any atom is -0.339 e. The molecular weight excluding hydrogens is 356 g/mol. The molecule has 0 bridgehead atoms. The highest BCUT2D eigenvalue weighted by Gasteiger charge is 2.18. The maximum atomic E-state index is 12.7. The lowest BCUT2D eigenvalue weighted by Crippen LogP contribution is -2.30. The van der Waals surface area contributed by atoms with Crippen LogP contribution in [0.5, 0.6) is 0 Å². The van der Waals surface area contributed by atoms with E-state index in [0.29, 0.717) is 17.7 Å². The van der Waals surface area contributed by atoms with Crippen molar-refractivity contribution < 1.29 is 4.79 Å². The molecule has 0 aliphatic rings. The Morgan fingerprint density at radius 2 is 1.85 bits per heavy atom. The number of aromatic amines is 1. The van der Waals surface area contributed by atoms with Crippen LogP contribution in [0.15, 0.2) is 54.6 Å². The highest BCUT2D eigenvalue weighted by atomic mass is 32.1. The molecule has 0 aliphatic carbocycles. The Labute approximate surface area is 164 Å². The van der Waals surface area contributed by atoms with Crippen LogP contribution in [-0.4, -0.2) is 32.6 Å². The molecule has 6 heteroatoms. The predicted octanol–water partition coefficient (Wildman–Crippen LogP) is 4.53. The number of nitrogens with one attached hydrogen (secondary N) is 1. The van der Waals surface area contributed by atoms with Crippen molar-refractivity contribution in [2.24, 2.45) is 0 Å². The van der Waals surface area contributed by atoms with Crippen molar-refractivity contribution >= 4 is 18.1 Å². The van der Waals surface area contributed by atoms with Crippen LogP contribution < -0.4 is 0 Å². The van der Waals surface area contributed by atoms with E-state index in [1.807, 2.05) is 80.1 Å². The van der Waals surface area contributed by atoms with Crippen molar-refractivity contribution in [1.82, 2.24) is 19.7 Å². The van der Waals surface area contributed by atoms with E-state index in [1.54, 1.807) is 4.90 Å². The Bertz CT molecular complexity index is 960. The number of benzene rings is 2. The molecule has 1 N–H and O–H groups in total. The maximum Gasteiger partial charge on any atom is 0.224 e. The summed E-state index contributed by atoms with van der Waals surface area (Å²) in [5, 5.41) is 7.18. The van der Waals surface area contributed by atoms with Crippen LogP contribution in [0, 0.1) is 11.7 Å². The number of hydrogen-bond acceptors (Lipinski definition) is 3. The van der Waals surface area contributed by atoms with Gasteiger partial charge in [-0.05, 0) is 31.6 Å². The second-order valence-electron chi connectivity index (χ2n) is 6.71. The van der Waals surface area contributed by atoms with Gasteiger partial charge in [-0.1, -0.05) is 60.2 Å². The molecule has 1 atom stereocenters. The van der Waals surface area contributed by atoms with E-state index in [-0.39, 0.29) is 11.9 Å². The number of H-pyrrole nitrogens is 1. The highest BCUT2D eigenvalue weighted by Crippen LogP contribution is 2.21. The van der Waals surface area contributed by atoms with Gasteiger partial charge in [-0.25, -0.2) is 0 Å². The molecule has 0 aliphatic heterocycles. The first kappa shape index (κ1) is 19.0. The standard InChI is InChI=1S/C21H24N4OS/c1-15-9-11-18(12-10-15)20-22-23-21(27)25(20)14-13-19(26)24(3)16(2)17-7-5-4-6-8-17/h4-12,16H,13-14H2,1-3H3,(H,23,27)/t16-/m1/s1. The van der Waals surface area contributed by atoms with Crippen LogP contribution in [0.25, 0.3) is 11.4 Å². The Morgan fingerprint density at radius 1 is 1.19 bits per heavy atom. The van der Waals surface area contributed by atoms with Gasteiger partial charge in [0.05, 0.1) is 6.04 Å². The summed E-state index contributed by atoms with van der Waals surface area (Å²) in [6.07, 6.45) is 0.361. The van der Waals surface area contributed by atoms with Gasteiger partial charge in [0.15, 0.2) is 10.6 Å². The van der Waals surface area contributed by atoms with Gasteiger partial charge >= 0.3 is 0 Å². The van der Waals surface area contributed by atoms with E-state index in [9.17, 15) is 4.79 Å². The first-order chi connectivity index (χ1) is 13.0. The van der Waals surface area contributed by atoms with E-state index >= 15 is 0 Å². The third kappa shape index (κ3) is 4.34. The lowest BCUT2D eigenvalue weighted by atomic mass is 10.1. The second-order valence-corrected chi connectivity index (χ2v) is 7.10. The minimum atomic E-state index is 0.0209. The van der Waals surface area contributed by atoms with Gasteiger partial charge < -0.3 is 4.90 Å². The number of carbonyl (C=O) groups is 1. The van der Waals surface area contributed by atoms with E-state index in [0.717, 1.165) is 17.0 Å². The van der Waals surface area contributed by atoms with Crippen molar-refractivity contribution in [1.29, 1.82) is 0 Å². The molecule has 1 aromatic heterocycles. The largest absolute Gasteiger partial charge is 0.339 e. The molecule has 140 valence electrons. The van der Waals surface area contributed by atoms with Gasteiger partial charge in [0, 0.05) is 25.6 Å². The molecule has 0 saturated carbocycles. The monoisotopic (exact) mass is 380 g/mol. The second kappa shape index (κ2) is 8.31. The van der Waals surface area contributed by atoms with Gasteiger partial charge in [-0.15, -0.1) is 0 Å². The van der Waals surface area contributed by atoms with Gasteiger partial charge in [0.2, 0.25) is 5.91 Å². The van der Waals surface area contributed by atoms with Crippen molar-refractivity contribution in [3.05, 3.63) is 70.5 Å². The zero-order chi connectivity index (χ0) is 19.4. The van der Waals surface area contributed by atoms with Crippen molar-refractivity contribution in [2.75, 3.05) is 7.05 Å². The summed E-state index contributed by atoms with van der Waals surface area (Å²) < 4.78 is 2.41. The van der Waals surface area contributed by atoms with Crippen LogP contribution in [0.1, 0.15) is 30.5 Å². The smallest absolute Gasteiger partial charge is 0.224 e. The lowest BCUT2D eigenvalue weighted by molar-refractivity contribution is -0.132. The maximum absolute atomic E-state index is 12.7. The molecular formula is C21H24N4OS. The van der Waals surface area contributed by atoms with Crippen molar-refractivity contribution in [2.45, 2.75) is 32.9 Å². The van der Waals surface area contributed by atoms with Crippen LogP contribution in [0.3, 0.4) is 0 Å². The molecule has 0 fully saturated rings. The summed E-state index contributed by atoms with van der Waals surface area (Å²) in [5.74, 6) is 0.830. The quantitative estimate of drug-likeness (QED) is 0.640. The third-order valence-corrected chi connectivity index (χ3v) is 5.19. The molecule has 2 aromatic carbocycles. The fourth-order valence-electron chi connectivity index (χ4n) is 3.00. The fraction of sp³-hybridized carbons (Fsp3) is 0.286. The van der Waals surface area contributed by atoms with Gasteiger partial charge in [0.1, 0.15) is 0 Å². The Hall–Kier alpha value is -2.73. The SMILES string of the molecule is Cc1ccc(-c2n[nH]c(=S)n2CCC(=O)N(C)[C@H](C)c2ccccc2)cc1. The number of rotatable bonds is 6. The van der Waals surface area contributed by atoms with Crippen LogP contribution >= 0.6 is 12.2 Å². The van der Waals surface area contributed by atoms with Crippen LogP contribution in [-0.2, 0) is 11.3 Å². The molecule has 1 heterocycles. The summed E-state index contributed by atoms with van der Waals surface area (Å²) in [6.45, 7) is 4.57. The first-order valence-corrected chi connectivity index (χ1v) is 9.41. The number of amides is 1. The van der Waals surface area contributed by atoms with E-state index in [1.165, 1.54) is 5.56 Å². The number of nitrogens with zero attached hydrogens (tertiary/aromatic N) is 3. The van der Waals surface area contributed by atoms with Crippen LogP contribution in [0.2, 0.25) is 0 Å². The topological polar surface area (TPSA) is 53.9 Å². The molecule has 27 heavy (non-hydrogen) atoms. The third-order valence-electron chi connectivity index (χ3n) is 4.87. The fourth-order valence-corrected chi connectivity index (χ4v) is 3.23. The zero-order valence-electron chi connectivity index (χ0n) is 15.8. The first-order valence-electron chi connectivity index (χ1n) is 9.00. The Balaban J connectivity index is 1.71. The highest BCUT2D eigenvalue weighted by molar-refractivity contribution is 7.71. The summed E-state index contributed by atoms with van der Waals surface area (Å²) in [6, 6.07) is 18.2. The summed E-state index contributed by atoms with van der Waals surface area (Å²) in [7, 11) is 1.84. The summed E-state index contributed by atoms with van der Waals surface area (Å²) >= 11 is 5.36. The molecule has 1 amide bonds. The molecule has 0 spiro atoms. The van der Waals surface area contributed by atoms with Crippen molar-refractivity contribution in [3.8, 4) is 11.4 Å². The normalized spacial score (nSPS) is 12.0. The van der Waals surface area contributed by atoms with Gasteiger partial charge in [-0.2, -0.15) is 5.10 Å². The summed E-state index contributed by atoms with van der Waals surface area (Å²) in [5.41, 5.74) is 3.28. The molecule has 0 saturated heterocycles. The molecule has 0 unspecified atom stereocenters. The average Bonchev–Trinajstić information content (AvgIpc) is 3.06. The van der Waals surface area contributed by atoms with Crippen molar-refractivity contribution in [3.63, 3.8) is 0 Å². The Morgan fingerprint density at radius 3 is 2.52 bits per heavy atom. The summed E-state index contributed by atoms with van der Waals surface area (Å²) in [4.78, 5) is 14.5. The molecule has 3 aromatic rings. The minimum absolute atomic E-state index is 0.0209. The van der Waals surface area contributed by atoms with Gasteiger partial charge in [-0.3, -0.25) is 14.5 Å². The van der Waals surface area contributed by atoms with E-state index in [4.69, 9.17) is 12.2 Å². The number of carbonyl (C=O) groups excluding carboxylic acids is 1. The lowest BCUT2D eigenvalue weighted by Gasteiger charge is -2.25. The molecule has 5 nitrogen and oxygen atoms in total. The van der Waals surface area contributed by atoms with Gasteiger partial charge in [0.25, 0.3) is 0 Å². The predicted molar refractivity (Wildman–Crippen MR) is 110 cm³/mol. The molecule has 0 radical (unpaired) electrons.